The molecule has 1 aliphatic heterocycles. The van der Waals surface area contributed by atoms with Crippen molar-refractivity contribution in [1.29, 1.82) is 0 Å². The van der Waals surface area contributed by atoms with Gasteiger partial charge in [0.1, 0.15) is 5.82 Å². The normalized spacial score (nSPS) is 16.4. The number of aromatic carboxylic acids is 1. The summed E-state index contributed by atoms with van der Waals surface area (Å²) >= 11 is 0. The molecule has 1 aromatic carbocycles. The van der Waals surface area contributed by atoms with Crippen LogP contribution in [0.25, 0.3) is 11.0 Å². The Hall–Kier alpha value is -1.88. The second-order valence-electron chi connectivity index (χ2n) is 5.47. The van der Waals surface area contributed by atoms with Gasteiger partial charge in [-0.05, 0) is 31.4 Å². The summed E-state index contributed by atoms with van der Waals surface area (Å²) in [5.74, 6) is 0.102. The first-order valence-corrected chi connectivity index (χ1v) is 7.53. The number of ether oxygens (including phenoxy) is 1. The summed E-state index contributed by atoms with van der Waals surface area (Å²) in [5, 5.41) is 9.48. The molecule has 1 saturated heterocycles. The Labute approximate surface area is 123 Å². The van der Waals surface area contributed by atoms with Gasteiger partial charge >= 0.3 is 5.97 Å². The summed E-state index contributed by atoms with van der Waals surface area (Å²) in [5.41, 5.74) is 1.89. The van der Waals surface area contributed by atoms with Gasteiger partial charge in [0, 0.05) is 25.7 Å². The average molecular weight is 288 g/mol. The van der Waals surface area contributed by atoms with Crippen LogP contribution in [-0.4, -0.2) is 33.8 Å². The number of hydrogen-bond donors (Lipinski definition) is 1. The number of carbonyl (C=O) groups is 1. The van der Waals surface area contributed by atoms with Crippen LogP contribution in [0, 0.1) is 0 Å². The van der Waals surface area contributed by atoms with Gasteiger partial charge in [-0.3, -0.25) is 0 Å². The fraction of sp³-hybridized carbons (Fsp3) is 0.500. The van der Waals surface area contributed by atoms with E-state index < -0.39 is 5.97 Å². The molecule has 5 nitrogen and oxygen atoms in total. The number of fused-ring (bicyclic) bond motifs is 1. The van der Waals surface area contributed by atoms with Crippen molar-refractivity contribution in [3.63, 3.8) is 0 Å². The number of imidazole rings is 1. The van der Waals surface area contributed by atoms with Crippen molar-refractivity contribution in [2.45, 2.75) is 38.6 Å². The summed E-state index contributed by atoms with van der Waals surface area (Å²) < 4.78 is 7.59. The number of carboxylic acid groups (broad SMARTS) is 1. The van der Waals surface area contributed by atoms with Crippen LogP contribution in [0.5, 0.6) is 0 Å². The molecule has 112 valence electrons. The highest BCUT2D eigenvalue weighted by Gasteiger charge is 2.24. The minimum Gasteiger partial charge on any atom is -0.478 e. The van der Waals surface area contributed by atoms with E-state index in [9.17, 15) is 9.90 Å². The van der Waals surface area contributed by atoms with Gasteiger partial charge in [-0.1, -0.05) is 13.0 Å². The van der Waals surface area contributed by atoms with Crippen LogP contribution in [-0.2, 0) is 11.2 Å². The molecule has 0 aliphatic carbocycles. The van der Waals surface area contributed by atoms with Crippen molar-refractivity contribution in [2.75, 3.05) is 13.2 Å². The van der Waals surface area contributed by atoms with E-state index in [-0.39, 0.29) is 6.04 Å². The number of para-hydroxylation sites is 1. The molecule has 0 atom stereocenters. The monoisotopic (exact) mass is 288 g/mol. The van der Waals surface area contributed by atoms with Crippen LogP contribution in [0.1, 0.15) is 48.4 Å². The molecule has 0 amide bonds. The van der Waals surface area contributed by atoms with Gasteiger partial charge in [0.05, 0.1) is 16.6 Å². The Balaban J connectivity index is 2.21. The van der Waals surface area contributed by atoms with Crippen LogP contribution >= 0.6 is 0 Å². The van der Waals surface area contributed by atoms with Gasteiger partial charge in [0.15, 0.2) is 0 Å². The molecular formula is C16H20N2O3. The predicted octanol–water partition coefficient (Wildman–Crippen LogP) is 3.04. The fourth-order valence-corrected chi connectivity index (χ4v) is 3.11. The molecule has 1 aliphatic rings. The van der Waals surface area contributed by atoms with Crippen LogP contribution in [0.4, 0.5) is 0 Å². The first-order chi connectivity index (χ1) is 10.2. The van der Waals surface area contributed by atoms with Gasteiger partial charge < -0.3 is 14.4 Å². The number of rotatable bonds is 4. The molecule has 1 aromatic heterocycles. The highest BCUT2D eigenvalue weighted by atomic mass is 16.5. The molecule has 0 bridgehead atoms. The third kappa shape index (κ3) is 2.53. The highest BCUT2D eigenvalue weighted by Crippen LogP contribution is 2.30. The molecule has 1 fully saturated rings. The third-order valence-corrected chi connectivity index (χ3v) is 4.04. The average Bonchev–Trinajstić information content (AvgIpc) is 2.86. The van der Waals surface area contributed by atoms with Crippen LogP contribution in [0.2, 0.25) is 0 Å². The second-order valence-corrected chi connectivity index (χ2v) is 5.47. The van der Waals surface area contributed by atoms with Crippen molar-refractivity contribution < 1.29 is 14.6 Å². The zero-order chi connectivity index (χ0) is 14.8. The standard InChI is InChI=1S/C16H20N2O3/c1-2-4-14-17-13-6-3-5-12(16(19)20)15(13)18(14)11-7-9-21-10-8-11/h3,5-6,11H,2,4,7-10H2,1H3,(H,19,20). The maximum Gasteiger partial charge on any atom is 0.337 e. The Bertz CT molecular complexity index is 657. The maximum atomic E-state index is 11.6. The SMILES string of the molecule is CCCc1nc2cccc(C(=O)O)c2n1C1CCOCC1. The summed E-state index contributed by atoms with van der Waals surface area (Å²) in [4.78, 5) is 16.2. The molecule has 3 rings (SSSR count). The van der Waals surface area contributed by atoms with Crippen molar-refractivity contribution in [3.05, 3.63) is 29.6 Å². The second kappa shape index (κ2) is 5.85. The van der Waals surface area contributed by atoms with Crippen LogP contribution < -0.4 is 0 Å². The highest BCUT2D eigenvalue weighted by molar-refractivity contribution is 6.01. The van der Waals surface area contributed by atoms with E-state index in [1.807, 2.05) is 6.07 Å². The van der Waals surface area contributed by atoms with Crippen molar-refractivity contribution in [3.8, 4) is 0 Å². The lowest BCUT2D eigenvalue weighted by atomic mass is 10.1. The lowest BCUT2D eigenvalue weighted by molar-refractivity contribution is 0.0686. The van der Waals surface area contributed by atoms with E-state index in [1.165, 1.54) is 0 Å². The van der Waals surface area contributed by atoms with Crippen LogP contribution in [0.15, 0.2) is 18.2 Å². The van der Waals surface area contributed by atoms with Gasteiger partial charge in [0.25, 0.3) is 0 Å². The van der Waals surface area contributed by atoms with E-state index in [4.69, 9.17) is 4.74 Å². The molecule has 2 heterocycles. The van der Waals surface area contributed by atoms with Crippen LogP contribution in [0.3, 0.4) is 0 Å². The molecule has 2 aromatic rings. The van der Waals surface area contributed by atoms with Gasteiger partial charge in [-0.15, -0.1) is 0 Å². The lowest BCUT2D eigenvalue weighted by Gasteiger charge is -2.26. The molecule has 0 spiro atoms. The Morgan fingerprint density at radius 2 is 2.19 bits per heavy atom. The smallest absolute Gasteiger partial charge is 0.337 e. The van der Waals surface area contributed by atoms with E-state index in [2.05, 4.69) is 16.5 Å². The van der Waals surface area contributed by atoms with E-state index in [0.717, 1.165) is 55.8 Å². The van der Waals surface area contributed by atoms with Crippen molar-refractivity contribution in [2.24, 2.45) is 0 Å². The quantitative estimate of drug-likeness (QED) is 0.939. The Morgan fingerprint density at radius 3 is 2.86 bits per heavy atom. The summed E-state index contributed by atoms with van der Waals surface area (Å²) in [7, 11) is 0. The van der Waals surface area contributed by atoms with Gasteiger partial charge in [0.2, 0.25) is 0 Å². The van der Waals surface area contributed by atoms with Gasteiger partial charge in [-0.25, -0.2) is 9.78 Å². The Kier molecular flexibility index (Phi) is 3.92. The predicted molar refractivity (Wildman–Crippen MR) is 79.8 cm³/mol. The molecule has 0 saturated carbocycles. The van der Waals surface area contributed by atoms with E-state index >= 15 is 0 Å². The van der Waals surface area contributed by atoms with E-state index in [0.29, 0.717) is 5.56 Å². The summed E-state index contributed by atoms with van der Waals surface area (Å²) in [6.45, 7) is 3.57. The van der Waals surface area contributed by atoms with E-state index in [1.54, 1.807) is 12.1 Å². The maximum absolute atomic E-state index is 11.6. The topological polar surface area (TPSA) is 64.3 Å². The van der Waals surface area contributed by atoms with Crippen molar-refractivity contribution >= 4 is 17.0 Å². The molecule has 21 heavy (non-hydrogen) atoms. The van der Waals surface area contributed by atoms with Crippen molar-refractivity contribution in [1.82, 2.24) is 9.55 Å². The fourth-order valence-electron chi connectivity index (χ4n) is 3.11. The molecule has 0 unspecified atom stereocenters. The number of aryl methyl sites for hydroxylation is 1. The number of nitrogens with zero attached hydrogens (tertiary/aromatic N) is 2. The minimum atomic E-state index is -0.892. The number of aromatic nitrogens is 2. The first-order valence-electron chi connectivity index (χ1n) is 7.53. The van der Waals surface area contributed by atoms with Gasteiger partial charge in [-0.2, -0.15) is 0 Å². The zero-order valence-electron chi connectivity index (χ0n) is 12.2. The molecular weight excluding hydrogens is 268 g/mol. The lowest BCUT2D eigenvalue weighted by Crippen LogP contribution is -2.22. The number of hydrogen-bond acceptors (Lipinski definition) is 3. The summed E-state index contributed by atoms with van der Waals surface area (Å²) in [6.07, 6.45) is 3.69. The third-order valence-electron chi connectivity index (χ3n) is 4.04. The Morgan fingerprint density at radius 1 is 1.43 bits per heavy atom. The molecule has 0 radical (unpaired) electrons. The first kappa shape index (κ1) is 14.1. The molecule has 5 heteroatoms. The number of benzene rings is 1. The largest absolute Gasteiger partial charge is 0.478 e. The molecule has 1 N–H and O–H groups in total. The summed E-state index contributed by atoms with van der Waals surface area (Å²) in [6, 6.07) is 5.61. The zero-order valence-corrected chi connectivity index (χ0v) is 12.2. The minimum absolute atomic E-state index is 0.283. The number of carboxylic acids is 1.